The summed E-state index contributed by atoms with van der Waals surface area (Å²) in [6.45, 7) is 13.9. The van der Waals surface area contributed by atoms with Crippen molar-refractivity contribution in [3.8, 4) is 0 Å². The highest BCUT2D eigenvalue weighted by molar-refractivity contribution is 5.11. The molecule has 25 heavy (non-hydrogen) atoms. The predicted octanol–water partition coefficient (Wildman–Crippen LogP) is 4.77. The number of hydrogen-bond acceptors (Lipinski definition) is 3. The van der Waals surface area contributed by atoms with Gasteiger partial charge >= 0.3 is 0 Å². The molecule has 0 spiro atoms. The first-order valence-electron chi connectivity index (χ1n) is 10.6. The highest BCUT2D eigenvalue weighted by Gasteiger charge is 2.64. The Morgan fingerprint density at radius 3 is 2.28 bits per heavy atom. The second kappa shape index (κ2) is 5.69. The summed E-state index contributed by atoms with van der Waals surface area (Å²) in [6, 6.07) is 0. The fourth-order valence-corrected chi connectivity index (χ4v) is 6.94. The van der Waals surface area contributed by atoms with Gasteiger partial charge in [0.25, 0.3) is 0 Å². The van der Waals surface area contributed by atoms with E-state index in [1.165, 1.54) is 19.3 Å². The number of rotatable bonds is 1. The van der Waals surface area contributed by atoms with Crippen LogP contribution in [-0.2, 0) is 9.47 Å². The molecule has 3 heteroatoms. The molecule has 1 saturated heterocycles. The van der Waals surface area contributed by atoms with Crippen LogP contribution in [0.5, 0.6) is 0 Å². The lowest BCUT2D eigenvalue weighted by Gasteiger charge is -2.61. The van der Waals surface area contributed by atoms with E-state index in [-0.39, 0.29) is 18.3 Å². The average molecular weight is 351 g/mol. The third kappa shape index (κ3) is 2.72. The molecule has 1 N–H and O–H groups in total. The molecule has 1 heterocycles. The monoisotopic (exact) mass is 350 g/mol. The lowest BCUT2D eigenvalue weighted by Crippen LogP contribution is -2.61. The maximum Gasteiger partial charge on any atom is 0.163 e. The van der Waals surface area contributed by atoms with Gasteiger partial charge in [-0.2, -0.15) is 0 Å². The van der Waals surface area contributed by atoms with Gasteiger partial charge in [-0.3, -0.25) is 0 Å². The molecule has 8 atom stereocenters. The summed E-state index contributed by atoms with van der Waals surface area (Å²) in [7, 11) is 0. The van der Waals surface area contributed by atoms with E-state index >= 15 is 0 Å². The zero-order valence-corrected chi connectivity index (χ0v) is 17.0. The zero-order chi connectivity index (χ0) is 18.2. The van der Waals surface area contributed by atoms with Gasteiger partial charge in [0.2, 0.25) is 0 Å². The second-order valence-corrected chi connectivity index (χ2v) is 10.9. The Bertz CT molecular complexity index is 529. The summed E-state index contributed by atoms with van der Waals surface area (Å²) in [5.41, 5.74) is 0.715. The number of aliphatic hydroxyl groups is 1. The molecule has 3 saturated carbocycles. The van der Waals surface area contributed by atoms with Crippen molar-refractivity contribution in [2.75, 3.05) is 0 Å². The third-order valence-electron chi connectivity index (χ3n) is 8.86. The number of ether oxygens (including phenoxy) is 2. The van der Waals surface area contributed by atoms with Crippen molar-refractivity contribution in [3.05, 3.63) is 0 Å². The summed E-state index contributed by atoms with van der Waals surface area (Å²) < 4.78 is 13.0. The van der Waals surface area contributed by atoms with Gasteiger partial charge in [-0.25, -0.2) is 0 Å². The van der Waals surface area contributed by atoms with Crippen LogP contribution in [0.4, 0.5) is 0 Å². The first kappa shape index (κ1) is 18.3. The number of aliphatic hydroxyl groups excluding tert-OH is 1. The molecule has 0 radical (unpaired) electrons. The van der Waals surface area contributed by atoms with Gasteiger partial charge in [-0.05, 0) is 86.9 Å². The minimum Gasteiger partial charge on any atom is -0.393 e. The molecule has 4 aliphatic rings. The Morgan fingerprint density at radius 2 is 1.60 bits per heavy atom. The van der Waals surface area contributed by atoms with Crippen molar-refractivity contribution in [2.24, 2.45) is 34.5 Å². The van der Waals surface area contributed by atoms with E-state index in [1.54, 1.807) is 0 Å². The summed E-state index contributed by atoms with van der Waals surface area (Å²) in [5, 5.41) is 10.4. The zero-order valence-electron chi connectivity index (χ0n) is 17.0. The first-order valence-corrected chi connectivity index (χ1v) is 10.6. The van der Waals surface area contributed by atoms with Crippen molar-refractivity contribution in [1.82, 2.24) is 0 Å². The van der Waals surface area contributed by atoms with Gasteiger partial charge < -0.3 is 14.6 Å². The maximum absolute atomic E-state index is 10.4. The fourth-order valence-electron chi connectivity index (χ4n) is 6.94. The average Bonchev–Trinajstić information content (AvgIpc) is 2.84. The number of fused-ring (bicyclic) bond motifs is 6. The Hall–Kier alpha value is -0.120. The Kier molecular flexibility index (Phi) is 4.15. The molecule has 0 aromatic carbocycles. The fraction of sp³-hybridized carbons (Fsp3) is 1.00. The van der Waals surface area contributed by atoms with Gasteiger partial charge in [-0.1, -0.05) is 27.7 Å². The minimum absolute atomic E-state index is 0.158. The topological polar surface area (TPSA) is 38.7 Å². The van der Waals surface area contributed by atoms with E-state index in [4.69, 9.17) is 9.47 Å². The normalized spacial score (nSPS) is 54.7. The smallest absolute Gasteiger partial charge is 0.163 e. The molecule has 4 fully saturated rings. The van der Waals surface area contributed by atoms with Crippen LogP contribution in [0.1, 0.15) is 80.1 Å². The lowest BCUT2D eigenvalue weighted by atomic mass is 9.45. The predicted molar refractivity (Wildman–Crippen MR) is 99.1 cm³/mol. The Labute approximate surface area is 153 Å². The van der Waals surface area contributed by atoms with Gasteiger partial charge in [-0.15, -0.1) is 0 Å². The second-order valence-electron chi connectivity index (χ2n) is 10.9. The van der Waals surface area contributed by atoms with Crippen molar-refractivity contribution in [3.63, 3.8) is 0 Å². The van der Waals surface area contributed by atoms with Gasteiger partial charge in [0.05, 0.1) is 18.3 Å². The molecular formula is C22H38O3. The standard InChI is InChI=1S/C22H38O3/c1-13(2)21(5)9-8-16-15(12-21)18-19(25-20(3,4)24-18)17-11-14(23)7-10-22(16,17)6/h13-19,23H,7-12H2,1-6H3/t14-,15?,16?,17?,18-,19-,21+,22-/m1/s1. The quantitative estimate of drug-likeness (QED) is 0.740. The molecule has 144 valence electrons. The molecule has 0 aromatic heterocycles. The summed E-state index contributed by atoms with van der Waals surface area (Å²) in [5.74, 6) is 1.98. The highest BCUT2D eigenvalue weighted by Crippen LogP contribution is 2.65. The maximum atomic E-state index is 10.4. The summed E-state index contributed by atoms with van der Waals surface area (Å²) in [6.07, 6.45) is 7.11. The van der Waals surface area contributed by atoms with E-state index in [0.717, 1.165) is 25.2 Å². The van der Waals surface area contributed by atoms with Crippen LogP contribution in [0.15, 0.2) is 0 Å². The Morgan fingerprint density at radius 1 is 0.920 bits per heavy atom. The molecular weight excluding hydrogens is 312 g/mol. The van der Waals surface area contributed by atoms with E-state index in [1.807, 2.05) is 0 Å². The van der Waals surface area contributed by atoms with Gasteiger partial charge in [0.15, 0.2) is 5.79 Å². The van der Waals surface area contributed by atoms with Crippen LogP contribution in [0, 0.1) is 34.5 Å². The van der Waals surface area contributed by atoms with Crippen LogP contribution >= 0.6 is 0 Å². The molecule has 3 aliphatic carbocycles. The molecule has 3 unspecified atom stereocenters. The number of hydrogen-bond donors (Lipinski definition) is 1. The van der Waals surface area contributed by atoms with Crippen LogP contribution in [0.2, 0.25) is 0 Å². The van der Waals surface area contributed by atoms with Crippen LogP contribution in [0.25, 0.3) is 0 Å². The summed E-state index contributed by atoms with van der Waals surface area (Å²) in [4.78, 5) is 0. The van der Waals surface area contributed by atoms with Crippen molar-refractivity contribution in [1.29, 1.82) is 0 Å². The molecule has 3 nitrogen and oxygen atoms in total. The third-order valence-corrected chi connectivity index (χ3v) is 8.86. The van der Waals surface area contributed by atoms with E-state index < -0.39 is 5.79 Å². The summed E-state index contributed by atoms with van der Waals surface area (Å²) >= 11 is 0. The molecule has 4 rings (SSSR count). The van der Waals surface area contributed by atoms with E-state index in [0.29, 0.717) is 28.6 Å². The van der Waals surface area contributed by atoms with Gasteiger partial charge in [0.1, 0.15) is 0 Å². The SMILES string of the molecule is CC(C)[C@@]1(C)CCC2C(C1)[C@H]1OC(C)(C)O[C@@H]1C1C[C@H](O)CC[C@]21C. The van der Waals surface area contributed by atoms with Crippen LogP contribution in [-0.4, -0.2) is 29.2 Å². The first-order chi connectivity index (χ1) is 11.6. The molecule has 1 aliphatic heterocycles. The lowest BCUT2D eigenvalue weighted by molar-refractivity contribution is -0.173. The van der Waals surface area contributed by atoms with Crippen molar-refractivity contribution < 1.29 is 14.6 Å². The molecule has 0 aromatic rings. The Balaban J connectivity index is 1.72. The van der Waals surface area contributed by atoms with E-state index in [9.17, 15) is 5.11 Å². The van der Waals surface area contributed by atoms with Crippen molar-refractivity contribution >= 4 is 0 Å². The van der Waals surface area contributed by atoms with Crippen LogP contribution in [0.3, 0.4) is 0 Å². The minimum atomic E-state index is -0.487. The highest BCUT2D eigenvalue weighted by atomic mass is 16.8. The van der Waals surface area contributed by atoms with Gasteiger partial charge in [0, 0.05) is 0 Å². The van der Waals surface area contributed by atoms with E-state index in [2.05, 4.69) is 41.5 Å². The largest absolute Gasteiger partial charge is 0.393 e. The molecule has 0 amide bonds. The van der Waals surface area contributed by atoms with Crippen molar-refractivity contribution in [2.45, 2.75) is 104 Å². The van der Waals surface area contributed by atoms with Crippen LogP contribution < -0.4 is 0 Å². The molecule has 0 bridgehead atoms.